The molecule has 0 aliphatic carbocycles. The number of ether oxygens (including phenoxy) is 1. The molecule has 23 heavy (non-hydrogen) atoms. The highest BCUT2D eigenvalue weighted by atomic mass is 35.5. The van der Waals surface area contributed by atoms with Crippen molar-refractivity contribution in [3.05, 3.63) is 46.1 Å². The van der Waals surface area contributed by atoms with Crippen molar-refractivity contribution in [2.24, 2.45) is 0 Å². The molecule has 0 spiro atoms. The second kappa shape index (κ2) is 7.23. The minimum absolute atomic E-state index is 0.469. The van der Waals surface area contributed by atoms with Gasteiger partial charge >= 0.3 is 0 Å². The molecular weight excluding hydrogens is 312 g/mol. The first kappa shape index (κ1) is 16.1. The van der Waals surface area contributed by atoms with Crippen molar-refractivity contribution in [2.45, 2.75) is 39.3 Å². The maximum absolute atomic E-state index is 6.15. The molecule has 2 aromatic heterocycles. The third kappa shape index (κ3) is 3.79. The zero-order valence-electron chi connectivity index (χ0n) is 13.5. The molecule has 122 valence electrons. The van der Waals surface area contributed by atoms with Crippen LogP contribution in [0.25, 0.3) is 0 Å². The SMILES string of the molecule is CCCc1ncc2c(n1)CCN(Cc1cnc(OC)c(Cl)c1)C2. The highest BCUT2D eigenvalue weighted by Crippen LogP contribution is 2.24. The van der Waals surface area contributed by atoms with E-state index in [1.54, 1.807) is 7.11 Å². The summed E-state index contributed by atoms with van der Waals surface area (Å²) in [5.41, 5.74) is 3.51. The number of pyridine rings is 1. The number of methoxy groups -OCH3 is 1. The summed E-state index contributed by atoms with van der Waals surface area (Å²) >= 11 is 6.15. The van der Waals surface area contributed by atoms with Gasteiger partial charge in [-0.05, 0) is 18.1 Å². The third-order valence-corrected chi connectivity index (χ3v) is 4.27. The lowest BCUT2D eigenvalue weighted by atomic mass is 10.1. The fraction of sp³-hybridized carbons (Fsp3) is 0.471. The largest absolute Gasteiger partial charge is 0.480 e. The number of fused-ring (bicyclic) bond motifs is 1. The maximum Gasteiger partial charge on any atom is 0.232 e. The Morgan fingerprint density at radius 1 is 1.30 bits per heavy atom. The quantitative estimate of drug-likeness (QED) is 0.842. The van der Waals surface area contributed by atoms with Gasteiger partial charge in [0.1, 0.15) is 10.8 Å². The van der Waals surface area contributed by atoms with Crippen molar-refractivity contribution in [1.29, 1.82) is 0 Å². The van der Waals surface area contributed by atoms with Crippen LogP contribution >= 0.6 is 11.6 Å². The zero-order chi connectivity index (χ0) is 16.2. The van der Waals surface area contributed by atoms with Gasteiger partial charge in [0, 0.05) is 56.1 Å². The van der Waals surface area contributed by atoms with Gasteiger partial charge in [-0.25, -0.2) is 15.0 Å². The van der Waals surface area contributed by atoms with Crippen LogP contribution in [0.3, 0.4) is 0 Å². The van der Waals surface area contributed by atoms with Gasteiger partial charge in [0.2, 0.25) is 5.88 Å². The lowest BCUT2D eigenvalue weighted by Crippen LogP contribution is -2.31. The third-order valence-electron chi connectivity index (χ3n) is 4.00. The van der Waals surface area contributed by atoms with Crippen LogP contribution in [0.15, 0.2) is 18.5 Å². The fourth-order valence-electron chi connectivity index (χ4n) is 2.85. The monoisotopic (exact) mass is 332 g/mol. The lowest BCUT2D eigenvalue weighted by Gasteiger charge is -2.28. The number of rotatable bonds is 5. The number of nitrogens with zero attached hydrogens (tertiary/aromatic N) is 4. The van der Waals surface area contributed by atoms with Gasteiger partial charge in [-0.1, -0.05) is 18.5 Å². The molecule has 5 nitrogen and oxygen atoms in total. The summed E-state index contributed by atoms with van der Waals surface area (Å²) in [6.07, 6.45) is 6.80. The summed E-state index contributed by atoms with van der Waals surface area (Å²) in [7, 11) is 1.57. The van der Waals surface area contributed by atoms with Crippen molar-refractivity contribution in [2.75, 3.05) is 13.7 Å². The molecule has 0 amide bonds. The van der Waals surface area contributed by atoms with Crippen molar-refractivity contribution < 1.29 is 4.74 Å². The van der Waals surface area contributed by atoms with Gasteiger partial charge in [0.15, 0.2) is 0 Å². The first-order valence-electron chi connectivity index (χ1n) is 7.94. The van der Waals surface area contributed by atoms with E-state index in [2.05, 4.69) is 21.8 Å². The Morgan fingerprint density at radius 3 is 2.91 bits per heavy atom. The smallest absolute Gasteiger partial charge is 0.232 e. The minimum atomic E-state index is 0.469. The average Bonchev–Trinajstić information content (AvgIpc) is 2.55. The molecule has 0 aromatic carbocycles. The topological polar surface area (TPSA) is 51.1 Å². The second-order valence-corrected chi connectivity index (χ2v) is 6.21. The van der Waals surface area contributed by atoms with Gasteiger partial charge in [0.05, 0.1) is 7.11 Å². The van der Waals surface area contributed by atoms with Crippen LogP contribution in [0.1, 0.15) is 36.0 Å². The molecule has 0 atom stereocenters. The summed E-state index contributed by atoms with van der Waals surface area (Å²) in [5.74, 6) is 1.43. The Bertz CT molecular complexity index is 692. The number of hydrogen-bond acceptors (Lipinski definition) is 5. The molecule has 3 heterocycles. The number of aromatic nitrogens is 3. The zero-order valence-corrected chi connectivity index (χ0v) is 14.3. The van der Waals surface area contributed by atoms with E-state index in [-0.39, 0.29) is 0 Å². The van der Waals surface area contributed by atoms with Gasteiger partial charge in [0.25, 0.3) is 0 Å². The second-order valence-electron chi connectivity index (χ2n) is 5.80. The van der Waals surface area contributed by atoms with Crippen LogP contribution in [0, 0.1) is 0 Å². The molecule has 0 fully saturated rings. The van der Waals surface area contributed by atoms with Crippen molar-refractivity contribution in [3.8, 4) is 5.88 Å². The molecule has 6 heteroatoms. The Labute approximate surface area is 141 Å². The lowest BCUT2D eigenvalue weighted by molar-refractivity contribution is 0.242. The average molecular weight is 333 g/mol. The number of aryl methyl sites for hydroxylation is 1. The van der Waals surface area contributed by atoms with Crippen molar-refractivity contribution in [1.82, 2.24) is 19.9 Å². The molecule has 0 unspecified atom stereocenters. The van der Waals surface area contributed by atoms with Crippen LogP contribution < -0.4 is 4.74 Å². The van der Waals surface area contributed by atoms with Crippen molar-refractivity contribution >= 4 is 11.6 Å². The van der Waals surface area contributed by atoms with E-state index in [0.717, 1.165) is 50.3 Å². The minimum Gasteiger partial charge on any atom is -0.480 e. The molecule has 1 aliphatic heterocycles. The van der Waals surface area contributed by atoms with Gasteiger partial charge in [-0.3, -0.25) is 4.90 Å². The molecule has 0 N–H and O–H groups in total. The van der Waals surface area contributed by atoms with E-state index in [1.807, 2.05) is 18.5 Å². The Kier molecular flexibility index (Phi) is 5.08. The first-order valence-corrected chi connectivity index (χ1v) is 8.31. The van der Waals surface area contributed by atoms with E-state index in [1.165, 1.54) is 11.3 Å². The first-order chi connectivity index (χ1) is 11.2. The highest BCUT2D eigenvalue weighted by molar-refractivity contribution is 6.31. The Balaban J connectivity index is 1.68. The van der Waals surface area contributed by atoms with E-state index in [4.69, 9.17) is 21.3 Å². The van der Waals surface area contributed by atoms with Crippen LogP contribution in [-0.4, -0.2) is 33.5 Å². The molecule has 0 saturated carbocycles. The van der Waals surface area contributed by atoms with E-state index >= 15 is 0 Å². The predicted molar refractivity (Wildman–Crippen MR) is 89.6 cm³/mol. The molecule has 0 radical (unpaired) electrons. The number of hydrogen-bond donors (Lipinski definition) is 0. The maximum atomic E-state index is 6.15. The van der Waals surface area contributed by atoms with E-state index < -0.39 is 0 Å². The Morgan fingerprint density at radius 2 is 2.17 bits per heavy atom. The van der Waals surface area contributed by atoms with Gasteiger partial charge in [-0.15, -0.1) is 0 Å². The number of halogens is 1. The van der Waals surface area contributed by atoms with Crippen molar-refractivity contribution in [3.63, 3.8) is 0 Å². The summed E-state index contributed by atoms with van der Waals surface area (Å²) in [6.45, 7) is 4.82. The van der Waals surface area contributed by atoms with Crippen LogP contribution in [0.4, 0.5) is 0 Å². The van der Waals surface area contributed by atoms with Crippen LogP contribution in [0.5, 0.6) is 5.88 Å². The van der Waals surface area contributed by atoms with Gasteiger partial charge in [-0.2, -0.15) is 0 Å². The summed E-state index contributed by atoms with van der Waals surface area (Å²) in [5, 5.41) is 0.551. The molecule has 1 aliphatic rings. The molecule has 0 saturated heterocycles. The summed E-state index contributed by atoms with van der Waals surface area (Å²) in [6, 6.07) is 1.92. The van der Waals surface area contributed by atoms with E-state index in [9.17, 15) is 0 Å². The Hall–Kier alpha value is -1.72. The summed E-state index contributed by atoms with van der Waals surface area (Å²) < 4.78 is 5.09. The van der Waals surface area contributed by atoms with Crippen LogP contribution in [-0.2, 0) is 25.9 Å². The fourth-order valence-corrected chi connectivity index (χ4v) is 3.12. The van der Waals surface area contributed by atoms with E-state index in [0.29, 0.717) is 10.9 Å². The normalized spacial score (nSPS) is 14.6. The molecular formula is C17H21ClN4O. The predicted octanol–water partition coefficient (Wildman–Crippen LogP) is 3.04. The molecule has 2 aromatic rings. The van der Waals surface area contributed by atoms with Gasteiger partial charge < -0.3 is 4.74 Å². The molecule has 0 bridgehead atoms. The standard InChI is InChI=1S/C17H21ClN4O/c1-3-4-16-19-9-13-11-22(6-5-15(13)21-16)10-12-7-14(18)17(23-2)20-8-12/h7-9H,3-6,10-11H2,1-2H3. The molecule has 3 rings (SSSR count). The summed E-state index contributed by atoms with van der Waals surface area (Å²) in [4.78, 5) is 15.8. The van der Waals surface area contributed by atoms with Crippen LogP contribution in [0.2, 0.25) is 5.02 Å². The highest BCUT2D eigenvalue weighted by Gasteiger charge is 2.19.